The second kappa shape index (κ2) is 6.52. The minimum atomic E-state index is -0.277. The minimum Gasteiger partial charge on any atom is -0.497 e. The number of rotatable bonds is 2. The molecular formula is C9H14ClN5O. The van der Waals surface area contributed by atoms with E-state index in [-0.39, 0.29) is 24.3 Å². The number of halogens is 1. The third kappa shape index (κ3) is 4.52. The van der Waals surface area contributed by atoms with Gasteiger partial charge in [0.2, 0.25) is 0 Å². The molecule has 0 aliphatic rings. The fraction of sp³-hybridized carbons (Fsp3) is 0.111. The maximum absolute atomic E-state index is 7.38. The Balaban J connectivity index is 0.00000225. The second-order valence-electron chi connectivity index (χ2n) is 2.77. The summed E-state index contributed by atoms with van der Waals surface area (Å²) in [5.41, 5.74) is 5.78. The number of ether oxygens (including phenoxy) is 1. The molecule has 0 heterocycles. The van der Waals surface area contributed by atoms with Gasteiger partial charge in [-0.3, -0.25) is 16.1 Å². The summed E-state index contributed by atoms with van der Waals surface area (Å²) in [4.78, 5) is 0. The number of benzene rings is 1. The third-order valence-corrected chi connectivity index (χ3v) is 1.62. The maximum atomic E-state index is 7.38. The van der Waals surface area contributed by atoms with Gasteiger partial charge in [-0.15, -0.1) is 12.4 Å². The molecule has 1 aromatic rings. The SMILES string of the molecule is COc1ccc(NC(=N)NC(=N)N)cc1.Cl. The molecule has 0 bridgehead atoms. The van der Waals surface area contributed by atoms with Crippen LogP contribution in [0.25, 0.3) is 0 Å². The molecule has 0 radical (unpaired) electrons. The zero-order valence-corrected chi connectivity index (χ0v) is 9.52. The van der Waals surface area contributed by atoms with Gasteiger partial charge in [-0.2, -0.15) is 0 Å². The van der Waals surface area contributed by atoms with E-state index in [9.17, 15) is 0 Å². The van der Waals surface area contributed by atoms with E-state index in [1.807, 2.05) is 0 Å². The van der Waals surface area contributed by atoms with Gasteiger partial charge >= 0.3 is 0 Å². The van der Waals surface area contributed by atoms with E-state index in [0.717, 1.165) is 11.4 Å². The Hall–Kier alpha value is -1.95. The predicted octanol–water partition coefficient (Wildman–Crippen LogP) is 0.947. The van der Waals surface area contributed by atoms with Crippen LogP contribution in [-0.4, -0.2) is 19.0 Å². The Morgan fingerprint density at radius 1 is 1.25 bits per heavy atom. The van der Waals surface area contributed by atoms with Crippen LogP contribution in [0.4, 0.5) is 5.69 Å². The summed E-state index contributed by atoms with van der Waals surface area (Å²) in [5, 5.41) is 19.3. The molecule has 16 heavy (non-hydrogen) atoms. The molecule has 0 saturated heterocycles. The van der Waals surface area contributed by atoms with Crippen LogP contribution in [-0.2, 0) is 0 Å². The lowest BCUT2D eigenvalue weighted by molar-refractivity contribution is 0.415. The quantitative estimate of drug-likeness (QED) is 0.394. The van der Waals surface area contributed by atoms with Crippen molar-refractivity contribution < 1.29 is 4.74 Å². The normalized spacial score (nSPS) is 8.56. The van der Waals surface area contributed by atoms with Gasteiger partial charge in [0, 0.05) is 5.69 Å². The van der Waals surface area contributed by atoms with Crippen LogP contribution in [0, 0.1) is 10.8 Å². The largest absolute Gasteiger partial charge is 0.497 e. The lowest BCUT2D eigenvalue weighted by Crippen LogP contribution is -2.39. The minimum absolute atomic E-state index is 0. The number of nitrogens with two attached hydrogens (primary N) is 1. The monoisotopic (exact) mass is 243 g/mol. The molecule has 0 spiro atoms. The Bertz CT molecular complexity index is 365. The van der Waals surface area contributed by atoms with Crippen molar-refractivity contribution in [1.29, 1.82) is 10.8 Å². The number of nitrogens with one attached hydrogen (secondary N) is 4. The zero-order valence-electron chi connectivity index (χ0n) is 8.70. The lowest BCUT2D eigenvalue weighted by atomic mass is 10.3. The van der Waals surface area contributed by atoms with Gasteiger partial charge < -0.3 is 15.8 Å². The van der Waals surface area contributed by atoms with Crippen molar-refractivity contribution in [2.45, 2.75) is 0 Å². The van der Waals surface area contributed by atoms with Crippen LogP contribution >= 0.6 is 12.4 Å². The van der Waals surface area contributed by atoms with Crippen LogP contribution in [0.2, 0.25) is 0 Å². The van der Waals surface area contributed by atoms with Crippen LogP contribution in [0.1, 0.15) is 0 Å². The van der Waals surface area contributed by atoms with Crippen molar-refractivity contribution in [3.8, 4) is 5.75 Å². The van der Waals surface area contributed by atoms with E-state index in [0.29, 0.717) is 0 Å². The number of anilines is 1. The smallest absolute Gasteiger partial charge is 0.199 e. The third-order valence-electron chi connectivity index (χ3n) is 1.62. The molecule has 0 aliphatic carbocycles. The second-order valence-corrected chi connectivity index (χ2v) is 2.77. The van der Waals surface area contributed by atoms with Crippen LogP contribution in [0.5, 0.6) is 5.75 Å². The van der Waals surface area contributed by atoms with Crippen molar-refractivity contribution >= 4 is 30.0 Å². The van der Waals surface area contributed by atoms with Crippen molar-refractivity contribution in [2.75, 3.05) is 12.4 Å². The topological polar surface area (TPSA) is 107 Å². The molecule has 0 aliphatic heterocycles. The van der Waals surface area contributed by atoms with E-state index in [1.165, 1.54) is 0 Å². The number of hydrogen-bond donors (Lipinski definition) is 5. The first-order chi connectivity index (χ1) is 7.11. The van der Waals surface area contributed by atoms with Crippen LogP contribution in [0.15, 0.2) is 24.3 Å². The standard InChI is InChI=1S/C9H13N5O.ClH/c1-15-7-4-2-6(3-5-7)13-9(12)14-8(10)11;/h2-5H,1H3,(H6,10,11,12,13,14);1H. The van der Waals surface area contributed by atoms with E-state index < -0.39 is 0 Å². The fourth-order valence-electron chi connectivity index (χ4n) is 0.985. The highest BCUT2D eigenvalue weighted by Gasteiger charge is 1.98. The highest BCUT2D eigenvalue weighted by atomic mass is 35.5. The highest BCUT2D eigenvalue weighted by molar-refractivity contribution is 6.02. The molecule has 0 amide bonds. The summed E-state index contributed by atoms with van der Waals surface area (Å²) in [6, 6.07) is 7.05. The van der Waals surface area contributed by atoms with Gasteiger partial charge in [-0.25, -0.2) is 0 Å². The molecule has 6 nitrogen and oxygen atoms in total. The molecule has 1 rings (SSSR count). The molecule has 6 N–H and O–H groups in total. The zero-order chi connectivity index (χ0) is 11.3. The van der Waals surface area contributed by atoms with Gasteiger partial charge in [0.15, 0.2) is 11.9 Å². The predicted molar refractivity (Wildman–Crippen MR) is 66.6 cm³/mol. The fourth-order valence-corrected chi connectivity index (χ4v) is 0.985. The molecule has 0 aromatic heterocycles. The first kappa shape index (κ1) is 14.1. The first-order valence-electron chi connectivity index (χ1n) is 4.22. The van der Waals surface area contributed by atoms with Gasteiger partial charge in [-0.05, 0) is 24.3 Å². The van der Waals surface area contributed by atoms with Gasteiger partial charge in [0.1, 0.15) is 5.75 Å². The highest BCUT2D eigenvalue weighted by Crippen LogP contribution is 2.14. The molecule has 0 atom stereocenters. The van der Waals surface area contributed by atoms with Crippen molar-refractivity contribution in [3.05, 3.63) is 24.3 Å². The molecule has 88 valence electrons. The Morgan fingerprint density at radius 2 is 1.81 bits per heavy atom. The van der Waals surface area contributed by atoms with Crippen LogP contribution < -0.4 is 21.1 Å². The Labute approximate surface area is 99.6 Å². The molecule has 7 heteroatoms. The molecular weight excluding hydrogens is 230 g/mol. The lowest BCUT2D eigenvalue weighted by Gasteiger charge is -2.08. The van der Waals surface area contributed by atoms with Gasteiger partial charge in [0.05, 0.1) is 7.11 Å². The van der Waals surface area contributed by atoms with E-state index in [4.69, 9.17) is 21.3 Å². The molecule has 0 fully saturated rings. The van der Waals surface area contributed by atoms with E-state index >= 15 is 0 Å². The molecule has 0 saturated carbocycles. The summed E-state index contributed by atoms with van der Waals surface area (Å²) in [5.74, 6) is 0.417. The Kier molecular flexibility index (Phi) is 5.72. The van der Waals surface area contributed by atoms with E-state index in [1.54, 1.807) is 31.4 Å². The average molecular weight is 244 g/mol. The Morgan fingerprint density at radius 3 is 2.25 bits per heavy atom. The summed E-state index contributed by atoms with van der Waals surface area (Å²) in [6.45, 7) is 0. The average Bonchev–Trinajstić information content (AvgIpc) is 2.17. The number of guanidine groups is 2. The van der Waals surface area contributed by atoms with Crippen molar-refractivity contribution in [1.82, 2.24) is 5.32 Å². The molecule has 1 aromatic carbocycles. The summed E-state index contributed by atoms with van der Waals surface area (Å²) < 4.78 is 4.99. The van der Waals surface area contributed by atoms with E-state index in [2.05, 4.69) is 10.6 Å². The van der Waals surface area contributed by atoms with Gasteiger partial charge in [0.25, 0.3) is 0 Å². The number of hydrogen-bond acceptors (Lipinski definition) is 3. The number of methoxy groups -OCH3 is 1. The van der Waals surface area contributed by atoms with Crippen molar-refractivity contribution in [3.63, 3.8) is 0 Å². The summed E-state index contributed by atoms with van der Waals surface area (Å²) in [6.07, 6.45) is 0. The maximum Gasteiger partial charge on any atom is 0.199 e. The summed E-state index contributed by atoms with van der Waals surface area (Å²) in [7, 11) is 1.59. The first-order valence-corrected chi connectivity index (χ1v) is 4.22. The molecule has 0 unspecified atom stereocenters. The van der Waals surface area contributed by atoms with Crippen molar-refractivity contribution in [2.24, 2.45) is 5.73 Å². The van der Waals surface area contributed by atoms with Crippen LogP contribution in [0.3, 0.4) is 0 Å². The summed E-state index contributed by atoms with van der Waals surface area (Å²) >= 11 is 0. The van der Waals surface area contributed by atoms with Gasteiger partial charge in [-0.1, -0.05) is 0 Å².